The van der Waals surface area contributed by atoms with Crippen molar-refractivity contribution in [2.45, 2.75) is 26.7 Å². The molecule has 0 fully saturated rings. The molecule has 0 aliphatic carbocycles. The number of ketones is 1. The number of Topliss-reactive ketones (excluding diaryl/α,β-unsaturated/α-hetero) is 1. The Morgan fingerprint density at radius 3 is 2.63 bits per heavy atom. The molecule has 1 aromatic carbocycles. The molecule has 0 spiro atoms. The quantitative estimate of drug-likeness (QED) is 0.843. The second-order valence-corrected chi connectivity index (χ2v) is 5.75. The summed E-state index contributed by atoms with van der Waals surface area (Å²) in [7, 11) is 0. The van der Waals surface area contributed by atoms with Crippen LogP contribution in [0.2, 0.25) is 0 Å². The van der Waals surface area contributed by atoms with Gasteiger partial charge in [0.05, 0.1) is 6.42 Å². The number of hydrogen-bond acceptors (Lipinski definition) is 4. The van der Waals surface area contributed by atoms with E-state index in [4.69, 9.17) is 4.52 Å². The minimum absolute atomic E-state index is 0.126. The fourth-order valence-electron chi connectivity index (χ4n) is 1.74. The molecule has 100 valence electrons. The van der Waals surface area contributed by atoms with Crippen LogP contribution in [0.4, 0.5) is 0 Å². The Kier molecular flexibility index (Phi) is 4.47. The Balaban J connectivity index is 2.07. The van der Waals surface area contributed by atoms with Crippen molar-refractivity contribution in [3.05, 3.63) is 34.6 Å². The van der Waals surface area contributed by atoms with Gasteiger partial charge in [0.25, 0.3) is 0 Å². The number of carbonyl (C=O) groups excluding carboxylic acids is 1. The third kappa shape index (κ3) is 3.99. The van der Waals surface area contributed by atoms with E-state index in [1.807, 2.05) is 38.1 Å². The Morgan fingerprint density at radius 2 is 2.00 bits per heavy atom. The summed E-state index contributed by atoms with van der Waals surface area (Å²) < 4.78 is 6.10. The van der Waals surface area contributed by atoms with E-state index in [0.29, 0.717) is 24.1 Å². The highest BCUT2D eigenvalue weighted by molar-refractivity contribution is 9.10. The topological polar surface area (TPSA) is 56.0 Å². The second kappa shape index (κ2) is 6.10. The van der Waals surface area contributed by atoms with Crippen LogP contribution in [0.3, 0.4) is 0 Å². The van der Waals surface area contributed by atoms with Crippen LogP contribution in [0.1, 0.15) is 26.2 Å². The van der Waals surface area contributed by atoms with E-state index < -0.39 is 0 Å². The van der Waals surface area contributed by atoms with E-state index in [0.717, 1.165) is 10.0 Å². The normalized spacial score (nSPS) is 10.9. The summed E-state index contributed by atoms with van der Waals surface area (Å²) in [4.78, 5) is 15.9. The van der Waals surface area contributed by atoms with Gasteiger partial charge in [0, 0.05) is 16.5 Å². The molecule has 1 heterocycles. The molecule has 5 heteroatoms. The molecule has 0 unspecified atom stereocenters. The maximum Gasteiger partial charge on any atom is 0.234 e. The van der Waals surface area contributed by atoms with Gasteiger partial charge >= 0.3 is 0 Å². The second-order valence-electron chi connectivity index (χ2n) is 4.83. The zero-order valence-corrected chi connectivity index (χ0v) is 12.5. The number of rotatable bonds is 5. The van der Waals surface area contributed by atoms with Gasteiger partial charge in [-0.2, -0.15) is 4.98 Å². The zero-order chi connectivity index (χ0) is 13.8. The van der Waals surface area contributed by atoms with Crippen molar-refractivity contribution in [1.29, 1.82) is 0 Å². The summed E-state index contributed by atoms with van der Waals surface area (Å²) in [5, 5.41) is 3.89. The van der Waals surface area contributed by atoms with Crippen molar-refractivity contribution in [2.75, 3.05) is 0 Å². The third-order valence-electron chi connectivity index (χ3n) is 2.55. The highest BCUT2D eigenvalue weighted by Gasteiger charge is 2.13. The van der Waals surface area contributed by atoms with E-state index in [2.05, 4.69) is 26.1 Å². The monoisotopic (exact) mass is 322 g/mol. The maximum atomic E-state index is 11.7. The lowest BCUT2D eigenvalue weighted by Gasteiger charge is -2.00. The summed E-state index contributed by atoms with van der Waals surface area (Å²) in [6, 6.07) is 7.62. The van der Waals surface area contributed by atoms with Crippen molar-refractivity contribution in [1.82, 2.24) is 10.1 Å². The number of halogens is 1. The maximum absolute atomic E-state index is 11.7. The van der Waals surface area contributed by atoms with Gasteiger partial charge in [0.1, 0.15) is 5.78 Å². The molecule has 0 aliphatic rings. The number of nitrogens with zero attached hydrogens (tertiary/aromatic N) is 2. The summed E-state index contributed by atoms with van der Waals surface area (Å²) in [6.07, 6.45) is 0.748. The Labute approximate surface area is 120 Å². The van der Waals surface area contributed by atoms with E-state index in [1.165, 1.54) is 0 Å². The molecule has 0 saturated heterocycles. The van der Waals surface area contributed by atoms with E-state index in [1.54, 1.807) is 0 Å². The van der Waals surface area contributed by atoms with Crippen LogP contribution < -0.4 is 0 Å². The number of hydrogen-bond donors (Lipinski definition) is 0. The van der Waals surface area contributed by atoms with Crippen LogP contribution in [0.15, 0.2) is 33.3 Å². The van der Waals surface area contributed by atoms with Crippen molar-refractivity contribution in [3.8, 4) is 11.4 Å². The fraction of sp³-hybridized carbons (Fsp3) is 0.357. The van der Waals surface area contributed by atoms with Crippen LogP contribution in [-0.2, 0) is 11.2 Å². The SMILES string of the molecule is CC(C)CC(=O)Cc1nc(-c2ccc(Br)cc2)no1. The Bertz CT molecular complexity index is 561. The first kappa shape index (κ1) is 13.9. The highest BCUT2D eigenvalue weighted by Crippen LogP contribution is 2.19. The van der Waals surface area contributed by atoms with Gasteiger partial charge < -0.3 is 4.52 Å². The van der Waals surface area contributed by atoms with Gasteiger partial charge in [-0.25, -0.2) is 0 Å². The minimum atomic E-state index is 0.126. The average Bonchev–Trinajstić information content (AvgIpc) is 2.77. The number of benzene rings is 1. The lowest BCUT2D eigenvalue weighted by atomic mass is 10.1. The van der Waals surface area contributed by atoms with Crippen molar-refractivity contribution in [3.63, 3.8) is 0 Å². The van der Waals surface area contributed by atoms with E-state index in [-0.39, 0.29) is 12.2 Å². The molecule has 4 nitrogen and oxygen atoms in total. The molecule has 1 aromatic heterocycles. The van der Waals surface area contributed by atoms with Crippen molar-refractivity contribution < 1.29 is 9.32 Å². The molecule has 0 N–H and O–H groups in total. The van der Waals surface area contributed by atoms with Gasteiger partial charge in [-0.15, -0.1) is 0 Å². The molecule has 2 rings (SSSR count). The van der Waals surface area contributed by atoms with Gasteiger partial charge in [0.15, 0.2) is 0 Å². The minimum Gasteiger partial charge on any atom is -0.339 e. The van der Waals surface area contributed by atoms with Gasteiger partial charge in [-0.3, -0.25) is 4.79 Å². The number of carbonyl (C=O) groups is 1. The fourth-order valence-corrected chi connectivity index (χ4v) is 2.00. The predicted molar refractivity (Wildman–Crippen MR) is 75.6 cm³/mol. The molecule has 0 amide bonds. The smallest absolute Gasteiger partial charge is 0.234 e. The van der Waals surface area contributed by atoms with Crippen LogP contribution in [0.5, 0.6) is 0 Å². The zero-order valence-electron chi connectivity index (χ0n) is 10.9. The van der Waals surface area contributed by atoms with Crippen LogP contribution in [-0.4, -0.2) is 15.9 Å². The van der Waals surface area contributed by atoms with E-state index >= 15 is 0 Å². The molecule has 2 aromatic rings. The summed E-state index contributed by atoms with van der Waals surface area (Å²) in [5.41, 5.74) is 0.870. The first-order valence-electron chi connectivity index (χ1n) is 6.15. The van der Waals surface area contributed by atoms with Gasteiger partial charge in [-0.1, -0.05) is 34.9 Å². The largest absolute Gasteiger partial charge is 0.339 e. The molecular formula is C14H15BrN2O2. The Morgan fingerprint density at radius 1 is 1.32 bits per heavy atom. The molecule has 0 saturated carbocycles. The predicted octanol–water partition coefficient (Wildman–Crippen LogP) is 3.66. The molecule has 19 heavy (non-hydrogen) atoms. The molecule has 0 aliphatic heterocycles. The third-order valence-corrected chi connectivity index (χ3v) is 3.08. The summed E-state index contributed by atoms with van der Waals surface area (Å²) in [6.45, 7) is 4.03. The Hall–Kier alpha value is -1.49. The van der Waals surface area contributed by atoms with Crippen molar-refractivity contribution in [2.24, 2.45) is 5.92 Å². The lowest BCUT2D eigenvalue weighted by molar-refractivity contribution is -0.119. The van der Waals surface area contributed by atoms with E-state index in [9.17, 15) is 4.79 Å². The lowest BCUT2D eigenvalue weighted by Crippen LogP contribution is -2.06. The number of aromatic nitrogens is 2. The van der Waals surface area contributed by atoms with Crippen LogP contribution in [0.25, 0.3) is 11.4 Å². The van der Waals surface area contributed by atoms with Crippen LogP contribution in [0, 0.1) is 5.92 Å². The first-order valence-corrected chi connectivity index (χ1v) is 6.94. The molecule has 0 bridgehead atoms. The molecular weight excluding hydrogens is 308 g/mol. The first-order chi connectivity index (χ1) is 9.04. The highest BCUT2D eigenvalue weighted by atomic mass is 79.9. The summed E-state index contributed by atoms with van der Waals surface area (Å²) >= 11 is 3.37. The summed E-state index contributed by atoms with van der Waals surface area (Å²) in [5.74, 6) is 1.37. The molecule has 0 atom stereocenters. The van der Waals surface area contributed by atoms with Crippen molar-refractivity contribution >= 4 is 21.7 Å². The van der Waals surface area contributed by atoms with Crippen LogP contribution >= 0.6 is 15.9 Å². The van der Waals surface area contributed by atoms with Gasteiger partial charge in [-0.05, 0) is 30.2 Å². The van der Waals surface area contributed by atoms with Gasteiger partial charge in [0.2, 0.25) is 11.7 Å². The standard InChI is InChI=1S/C14H15BrN2O2/c1-9(2)7-12(18)8-13-16-14(17-19-13)10-3-5-11(15)6-4-10/h3-6,9H,7-8H2,1-2H3. The molecule has 0 radical (unpaired) electrons. The average molecular weight is 323 g/mol.